The fourth-order valence-electron chi connectivity index (χ4n) is 3.59. The number of alkyl carbamates (subject to hydrolysis) is 1. The second-order valence-electron chi connectivity index (χ2n) is 7.82. The van der Waals surface area contributed by atoms with Crippen LogP contribution in [0.2, 0.25) is 0 Å². The Labute approximate surface area is 164 Å². The molecule has 2 aliphatic rings. The number of amides is 1. The summed E-state index contributed by atoms with van der Waals surface area (Å²) in [6.07, 6.45) is 0.658. The number of ether oxygens (including phenoxy) is 3. The summed E-state index contributed by atoms with van der Waals surface area (Å²) in [6, 6.07) is 7.85. The van der Waals surface area contributed by atoms with Gasteiger partial charge in [0.1, 0.15) is 28.8 Å². The van der Waals surface area contributed by atoms with Gasteiger partial charge in [0.05, 0.1) is 20.3 Å². The summed E-state index contributed by atoms with van der Waals surface area (Å²) in [5.74, 6) is 1.18. The number of hydrogen-bond acceptors (Lipinski definition) is 6. The lowest BCUT2D eigenvalue weighted by atomic mass is 9.88. The molecule has 8 heteroatoms. The standard InChI is InChI=1S/C20H26N4O4/c1-13(2)10-21-19(25)28-16-8-9-20(12-27-20)18-17(16)22-23-24(18)11-14-4-6-15(26-3)7-5-14/h4-7,13,16H,8-12H2,1-3H3,(H,21,25). The number of carbonyl (C=O) groups excluding carboxylic acids is 1. The highest BCUT2D eigenvalue weighted by Crippen LogP contribution is 2.51. The van der Waals surface area contributed by atoms with Crippen LogP contribution in [0.1, 0.15) is 49.7 Å². The molecule has 150 valence electrons. The highest BCUT2D eigenvalue weighted by atomic mass is 16.6. The van der Waals surface area contributed by atoms with Crippen molar-refractivity contribution in [3.8, 4) is 5.75 Å². The van der Waals surface area contributed by atoms with Gasteiger partial charge in [-0.1, -0.05) is 31.2 Å². The summed E-state index contributed by atoms with van der Waals surface area (Å²) >= 11 is 0. The first-order chi connectivity index (χ1) is 13.5. The van der Waals surface area contributed by atoms with Crippen molar-refractivity contribution in [3.05, 3.63) is 41.2 Å². The third-order valence-electron chi connectivity index (χ3n) is 5.20. The number of rotatable bonds is 6. The molecule has 2 aromatic rings. The van der Waals surface area contributed by atoms with Crippen molar-refractivity contribution in [2.45, 2.75) is 44.9 Å². The van der Waals surface area contributed by atoms with Gasteiger partial charge in [0, 0.05) is 6.54 Å². The highest BCUT2D eigenvalue weighted by molar-refractivity contribution is 5.67. The molecule has 1 saturated heterocycles. The minimum atomic E-state index is -0.415. The molecule has 4 rings (SSSR count). The zero-order valence-electron chi connectivity index (χ0n) is 16.5. The third kappa shape index (κ3) is 3.69. The summed E-state index contributed by atoms with van der Waals surface area (Å²) in [4.78, 5) is 12.1. The summed E-state index contributed by atoms with van der Waals surface area (Å²) in [7, 11) is 1.65. The lowest BCUT2D eigenvalue weighted by molar-refractivity contribution is 0.0721. The number of nitrogens with one attached hydrogen (secondary N) is 1. The van der Waals surface area contributed by atoms with Crippen LogP contribution in [0.25, 0.3) is 0 Å². The second-order valence-corrected chi connectivity index (χ2v) is 7.82. The van der Waals surface area contributed by atoms with E-state index in [0.717, 1.165) is 23.4 Å². The predicted octanol–water partition coefficient (Wildman–Crippen LogP) is 2.78. The van der Waals surface area contributed by atoms with E-state index in [1.54, 1.807) is 7.11 Å². The molecule has 1 aromatic heterocycles. The Balaban J connectivity index is 1.53. The monoisotopic (exact) mass is 386 g/mol. The van der Waals surface area contributed by atoms with Gasteiger partial charge in [0.25, 0.3) is 0 Å². The fourth-order valence-corrected chi connectivity index (χ4v) is 3.59. The molecule has 1 amide bonds. The molecule has 0 saturated carbocycles. The van der Waals surface area contributed by atoms with E-state index in [1.165, 1.54) is 0 Å². The Hall–Kier alpha value is -2.61. The van der Waals surface area contributed by atoms with E-state index in [-0.39, 0.29) is 5.60 Å². The van der Waals surface area contributed by atoms with Crippen LogP contribution in [-0.4, -0.2) is 41.3 Å². The molecular weight excluding hydrogens is 360 g/mol. The topological polar surface area (TPSA) is 90.8 Å². The van der Waals surface area contributed by atoms with E-state index in [0.29, 0.717) is 37.7 Å². The Bertz CT molecular complexity index is 842. The van der Waals surface area contributed by atoms with Crippen molar-refractivity contribution in [1.29, 1.82) is 0 Å². The van der Waals surface area contributed by atoms with Crippen molar-refractivity contribution >= 4 is 6.09 Å². The normalized spacial score (nSPS) is 22.8. The molecule has 1 N–H and O–H groups in total. The van der Waals surface area contributed by atoms with E-state index in [1.807, 2.05) is 42.8 Å². The first-order valence-electron chi connectivity index (χ1n) is 9.66. The summed E-state index contributed by atoms with van der Waals surface area (Å²) < 4.78 is 18.5. The largest absolute Gasteiger partial charge is 0.497 e. The van der Waals surface area contributed by atoms with Crippen molar-refractivity contribution in [1.82, 2.24) is 20.3 Å². The number of hydrogen-bond donors (Lipinski definition) is 1. The van der Waals surface area contributed by atoms with Crippen LogP contribution in [0.15, 0.2) is 24.3 Å². The predicted molar refractivity (Wildman–Crippen MR) is 101 cm³/mol. The smallest absolute Gasteiger partial charge is 0.407 e. The van der Waals surface area contributed by atoms with Gasteiger partial charge in [-0.15, -0.1) is 5.10 Å². The lowest BCUT2D eigenvalue weighted by Gasteiger charge is -2.26. The Morgan fingerprint density at radius 2 is 2.14 bits per heavy atom. The molecule has 2 atom stereocenters. The SMILES string of the molecule is COc1ccc(Cn2nnc3c2C2(CCC3OC(=O)NCC(C)C)CO2)cc1. The van der Waals surface area contributed by atoms with Crippen LogP contribution in [0.4, 0.5) is 4.79 Å². The molecule has 28 heavy (non-hydrogen) atoms. The first kappa shape index (κ1) is 18.7. The van der Waals surface area contributed by atoms with E-state index >= 15 is 0 Å². The number of epoxide rings is 1. The zero-order valence-corrected chi connectivity index (χ0v) is 16.5. The molecule has 0 bridgehead atoms. The molecule has 1 aromatic carbocycles. The quantitative estimate of drug-likeness (QED) is 0.768. The third-order valence-corrected chi connectivity index (χ3v) is 5.20. The van der Waals surface area contributed by atoms with Crippen LogP contribution in [0.3, 0.4) is 0 Å². The molecule has 2 heterocycles. The van der Waals surface area contributed by atoms with E-state index in [2.05, 4.69) is 15.6 Å². The molecule has 1 aliphatic carbocycles. The average molecular weight is 386 g/mol. The average Bonchev–Trinajstić information content (AvgIpc) is 3.33. The minimum Gasteiger partial charge on any atom is -0.497 e. The van der Waals surface area contributed by atoms with E-state index in [4.69, 9.17) is 14.2 Å². The van der Waals surface area contributed by atoms with Gasteiger partial charge in [-0.3, -0.25) is 0 Å². The van der Waals surface area contributed by atoms with Gasteiger partial charge >= 0.3 is 6.09 Å². The number of carbonyl (C=O) groups is 1. The maximum Gasteiger partial charge on any atom is 0.407 e. The van der Waals surface area contributed by atoms with Crippen molar-refractivity contribution in [2.24, 2.45) is 5.92 Å². The van der Waals surface area contributed by atoms with Gasteiger partial charge in [-0.2, -0.15) is 0 Å². The van der Waals surface area contributed by atoms with E-state index < -0.39 is 12.2 Å². The fraction of sp³-hybridized carbons (Fsp3) is 0.550. The maximum atomic E-state index is 12.1. The molecule has 1 fully saturated rings. The number of benzene rings is 1. The number of nitrogens with zero attached hydrogens (tertiary/aromatic N) is 3. The summed E-state index contributed by atoms with van der Waals surface area (Å²) in [6.45, 7) is 5.89. The zero-order chi connectivity index (χ0) is 19.7. The molecule has 0 radical (unpaired) electrons. The van der Waals surface area contributed by atoms with Crippen molar-refractivity contribution in [3.63, 3.8) is 0 Å². The lowest BCUT2D eigenvalue weighted by Crippen LogP contribution is -2.32. The van der Waals surface area contributed by atoms with Gasteiger partial charge in [-0.05, 0) is 36.5 Å². The highest BCUT2D eigenvalue weighted by Gasteiger charge is 2.55. The second kappa shape index (κ2) is 7.43. The molecule has 2 unspecified atom stereocenters. The summed E-state index contributed by atoms with van der Waals surface area (Å²) in [5.41, 5.74) is 2.38. The van der Waals surface area contributed by atoms with Crippen LogP contribution < -0.4 is 10.1 Å². The van der Waals surface area contributed by atoms with Gasteiger partial charge < -0.3 is 19.5 Å². The van der Waals surface area contributed by atoms with Crippen LogP contribution in [0, 0.1) is 5.92 Å². The number of methoxy groups -OCH3 is 1. The Kier molecular flexibility index (Phi) is 4.97. The molecule has 1 spiro atoms. The molecule has 1 aliphatic heterocycles. The van der Waals surface area contributed by atoms with Gasteiger partial charge in [0.15, 0.2) is 0 Å². The van der Waals surface area contributed by atoms with Gasteiger partial charge in [0.2, 0.25) is 0 Å². The Morgan fingerprint density at radius 3 is 2.79 bits per heavy atom. The first-order valence-corrected chi connectivity index (χ1v) is 9.66. The maximum absolute atomic E-state index is 12.1. The molecular formula is C20H26N4O4. The summed E-state index contributed by atoms with van der Waals surface area (Å²) in [5, 5.41) is 11.5. The van der Waals surface area contributed by atoms with Crippen molar-refractivity contribution in [2.75, 3.05) is 20.3 Å². The van der Waals surface area contributed by atoms with Crippen LogP contribution in [-0.2, 0) is 21.6 Å². The Morgan fingerprint density at radius 1 is 1.39 bits per heavy atom. The molecule has 8 nitrogen and oxygen atoms in total. The van der Waals surface area contributed by atoms with Crippen molar-refractivity contribution < 1.29 is 19.0 Å². The number of fused-ring (bicyclic) bond motifs is 2. The van der Waals surface area contributed by atoms with Crippen LogP contribution >= 0.6 is 0 Å². The van der Waals surface area contributed by atoms with Gasteiger partial charge in [-0.25, -0.2) is 9.48 Å². The van der Waals surface area contributed by atoms with Crippen LogP contribution in [0.5, 0.6) is 5.75 Å². The number of aromatic nitrogens is 3. The minimum absolute atomic E-state index is 0.334. The van der Waals surface area contributed by atoms with E-state index in [9.17, 15) is 4.79 Å².